The maximum absolute atomic E-state index is 13.2. The highest BCUT2D eigenvalue weighted by molar-refractivity contribution is 5.97. The van der Waals surface area contributed by atoms with Crippen molar-refractivity contribution in [2.45, 2.75) is 70.0 Å². The second kappa shape index (κ2) is 8.22. The summed E-state index contributed by atoms with van der Waals surface area (Å²) in [6.07, 6.45) is 8.47. The Morgan fingerprint density at radius 3 is 3.00 bits per heavy atom. The van der Waals surface area contributed by atoms with Gasteiger partial charge in [-0.15, -0.1) is 0 Å². The SMILES string of the molecule is CCN(C(=O)c1cc2ncccc2[nH]1)C1CCCC(NCc2cc(C3CC3)no2)C1. The second-order valence-corrected chi connectivity index (χ2v) is 8.60. The molecule has 2 fully saturated rings. The van der Waals surface area contributed by atoms with E-state index in [9.17, 15) is 4.79 Å². The van der Waals surface area contributed by atoms with E-state index in [1.165, 1.54) is 12.8 Å². The maximum atomic E-state index is 13.2. The highest BCUT2D eigenvalue weighted by atomic mass is 16.5. The number of hydrogen-bond acceptors (Lipinski definition) is 5. The zero-order chi connectivity index (χ0) is 20.5. The van der Waals surface area contributed by atoms with Gasteiger partial charge >= 0.3 is 0 Å². The molecule has 3 heterocycles. The number of pyridine rings is 1. The summed E-state index contributed by atoms with van der Waals surface area (Å²) in [6.45, 7) is 3.46. The number of nitrogens with zero attached hydrogens (tertiary/aromatic N) is 3. The Bertz CT molecular complexity index is 988. The van der Waals surface area contributed by atoms with Crippen LogP contribution < -0.4 is 5.32 Å². The average Bonchev–Trinajstić information content (AvgIpc) is 3.35. The van der Waals surface area contributed by atoms with E-state index in [4.69, 9.17) is 4.52 Å². The lowest BCUT2D eigenvalue weighted by Gasteiger charge is -2.37. The van der Waals surface area contributed by atoms with Crippen LogP contribution in [0.5, 0.6) is 0 Å². The van der Waals surface area contributed by atoms with Crippen LogP contribution in [-0.2, 0) is 6.54 Å². The van der Waals surface area contributed by atoms with Crippen molar-refractivity contribution in [1.82, 2.24) is 25.3 Å². The Hall–Kier alpha value is -2.67. The van der Waals surface area contributed by atoms with Crippen molar-refractivity contribution in [3.8, 4) is 0 Å². The van der Waals surface area contributed by atoms with Crippen LogP contribution >= 0.6 is 0 Å². The molecule has 0 aromatic carbocycles. The van der Waals surface area contributed by atoms with Gasteiger partial charge < -0.3 is 19.7 Å². The van der Waals surface area contributed by atoms with Crippen LogP contribution in [0.15, 0.2) is 35.0 Å². The van der Waals surface area contributed by atoms with E-state index in [1.54, 1.807) is 6.20 Å². The topological polar surface area (TPSA) is 87.0 Å². The smallest absolute Gasteiger partial charge is 0.270 e. The largest absolute Gasteiger partial charge is 0.360 e. The zero-order valence-corrected chi connectivity index (χ0v) is 17.4. The van der Waals surface area contributed by atoms with Crippen LogP contribution in [-0.4, -0.2) is 44.6 Å². The van der Waals surface area contributed by atoms with Crippen molar-refractivity contribution in [2.24, 2.45) is 0 Å². The van der Waals surface area contributed by atoms with Gasteiger partial charge in [0.05, 0.1) is 23.3 Å². The molecule has 30 heavy (non-hydrogen) atoms. The van der Waals surface area contributed by atoms with Gasteiger partial charge in [-0.2, -0.15) is 0 Å². The van der Waals surface area contributed by atoms with E-state index in [1.807, 2.05) is 23.1 Å². The molecule has 0 radical (unpaired) electrons. The standard InChI is InChI=1S/C23H29N5O2/c1-2-28(23(29)22-13-21-19(26-22)7-4-10-24-21)17-6-3-5-16(11-17)25-14-18-12-20(27-30-18)15-8-9-15/h4,7,10,12-13,15-17,25-26H,2-3,5-6,8-9,11,14H2,1H3. The van der Waals surface area contributed by atoms with E-state index in [-0.39, 0.29) is 11.9 Å². The average molecular weight is 408 g/mol. The highest BCUT2D eigenvalue weighted by Crippen LogP contribution is 2.39. The molecule has 7 nitrogen and oxygen atoms in total. The number of aromatic amines is 1. The van der Waals surface area contributed by atoms with E-state index in [2.05, 4.69) is 33.4 Å². The molecule has 5 rings (SSSR count). The highest BCUT2D eigenvalue weighted by Gasteiger charge is 2.30. The molecule has 2 saturated carbocycles. The van der Waals surface area contributed by atoms with Crippen molar-refractivity contribution in [2.75, 3.05) is 6.54 Å². The quantitative estimate of drug-likeness (QED) is 0.618. The van der Waals surface area contributed by atoms with Gasteiger partial charge in [-0.25, -0.2) is 0 Å². The second-order valence-electron chi connectivity index (χ2n) is 8.60. The summed E-state index contributed by atoms with van der Waals surface area (Å²) < 4.78 is 5.49. The van der Waals surface area contributed by atoms with Gasteiger partial charge in [-0.3, -0.25) is 9.78 Å². The first-order chi connectivity index (χ1) is 14.7. The number of aromatic nitrogens is 3. The Kier molecular flexibility index (Phi) is 5.29. The number of rotatable bonds is 7. The zero-order valence-electron chi connectivity index (χ0n) is 17.4. The van der Waals surface area contributed by atoms with Crippen molar-refractivity contribution < 1.29 is 9.32 Å². The minimum atomic E-state index is 0.0606. The summed E-state index contributed by atoms with van der Waals surface area (Å²) in [4.78, 5) is 22.8. The molecule has 2 unspecified atom stereocenters. The molecule has 2 aliphatic carbocycles. The van der Waals surface area contributed by atoms with E-state index >= 15 is 0 Å². The number of carbonyl (C=O) groups excluding carboxylic acids is 1. The molecule has 1 amide bonds. The molecule has 0 spiro atoms. The number of amides is 1. The van der Waals surface area contributed by atoms with Gasteiger partial charge in [-0.05, 0) is 63.6 Å². The molecule has 3 aromatic heterocycles. The molecule has 3 aromatic rings. The third-order valence-corrected chi connectivity index (χ3v) is 6.45. The lowest BCUT2D eigenvalue weighted by molar-refractivity contribution is 0.0622. The minimum absolute atomic E-state index is 0.0606. The lowest BCUT2D eigenvalue weighted by Crippen LogP contribution is -2.46. The van der Waals surface area contributed by atoms with Crippen LogP contribution in [0, 0.1) is 0 Å². The molecular formula is C23H29N5O2. The van der Waals surface area contributed by atoms with Gasteiger partial charge in [0.25, 0.3) is 5.91 Å². The molecule has 2 atom stereocenters. The number of carbonyl (C=O) groups is 1. The van der Waals surface area contributed by atoms with Crippen molar-refractivity contribution in [1.29, 1.82) is 0 Å². The van der Waals surface area contributed by atoms with Crippen molar-refractivity contribution in [3.05, 3.63) is 47.6 Å². The van der Waals surface area contributed by atoms with Gasteiger partial charge in [0.2, 0.25) is 0 Å². The summed E-state index contributed by atoms with van der Waals surface area (Å²) >= 11 is 0. The van der Waals surface area contributed by atoms with Crippen LogP contribution in [0.4, 0.5) is 0 Å². The van der Waals surface area contributed by atoms with Crippen LogP contribution in [0.2, 0.25) is 0 Å². The monoisotopic (exact) mass is 407 g/mol. The fourth-order valence-electron chi connectivity index (χ4n) is 4.65. The Morgan fingerprint density at radius 2 is 2.20 bits per heavy atom. The molecule has 0 saturated heterocycles. The lowest BCUT2D eigenvalue weighted by atomic mass is 9.89. The fourth-order valence-corrected chi connectivity index (χ4v) is 4.65. The van der Waals surface area contributed by atoms with Crippen LogP contribution in [0.3, 0.4) is 0 Å². The number of H-pyrrole nitrogens is 1. The number of fused-ring (bicyclic) bond motifs is 1. The molecule has 0 bridgehead atoms. The minimum Gasteiger partial charge on any atom is -0.360 e. The Balaban J connectivity index is 1.22. The first-order valence-electron chi connectivity index (χ1n) is 11.1. The van der Waals surface area contributed by atoms with Crippen molar-refractivity contribution >= 4 is 16.9 Å². The summed E-state index contributed by atoms with van der Waals surface area (Å²) in [5, 5.41) is 7.83. The predicted molar refractivity (Wildman–Crippen MR) is 114 cm³/mol. The Labute approximate surface area is 176 Å². The van der Waals surface area contributed by atoms with Crippen LogP contribution in [0.1, 0.15) is 73.3 Å². The molecule has 0 aliphatic heterocycles. The Morgan fingerprint density at radius 1 is 1.30 bits per heavy atom. The molecule has 2 aliphatic rings. The molecular weight excluding hydrogens is 378 g/mol. The van der Waals surface area contributed by atoms with Gasteiger partial charge in [0.15, 0.2) is 5.76 Å². The first-order valence-corrected chi connectivity index (χ1v) is 11.1. The van der Waals surface area contributed by atoms with Gasteiger partial charge in [0.1, 0.15) is 5.69 Å². The number of hydrogen-bond donors (Lipinski definition) is 2. The normalized spacial score (nSPS) is 21.8. The first kappa shape index (κ1) is 19.3. The summed E-state index contributed by atoms with van der Waals surface area (Å²) in [7, 11) is 0. The molecule has 7 heteroatoms. The third kappa shape index (κ3) is 3.99. The predicted octanol–water partition coefficient (Wildman–Crippen LogP) is 3.99. The summed E-state index contributed by atoms with van der Waals surface area (Å²) in [6, 6.07) is 8.41. The molecule has 2 N–H and O–H groups in total. The van der Waals surface area contributed by atoms with Crippen molar-refractivity contribution in [3.63, 3.8) is 0 Å². The van der Waals surface area contributed by atoms with Gasteiger partial charge in [0, 0.05) is 36.8 Å². The fraction of sp³-hybridized carbons (Fsp3) is 0.522. The maximum Gasteiger partial charge on any atom is 0.270 e. The van der Waals surface area contributed by atoms with Crippen LogP contribution in [0.25, 0.3) is 11.0 Å². The van der Waals surface area contributed by atoms with E-state index in [0.717, 1.165) is 48.2 Å². The van der Waals surface area contributed by atoms with E-state index in [0.29, 0.717) is 30.7 Å². The third-order valence-electron chi connectivity index (χ3n) is 6.45. The molecule has 158 valence electrons. The van der Waals surface area contributed by atoms with E-state index < -0.39 is 0 Å². The number of nitrogens with one attached hydrogen (secondary N) is 2. The summed E-state index contributed by atoms with van der Waals surface area (Å²) in [5.74, 6) is 1.59. The summed E-state index contributed by atoms with van der Waals surface area (Å²) in [5.41, 5.74) is 3.45. The van der Waals surface area contributed by atoms with Gasteiger partial charge in [-0.1, -0.05) is 5.16 Å².